The maximum absolute atomic E-state index is 14.0. The lowest BCUT2D eigenvalue weighted by Gasteiger charge is -2.18. The van der Waals surface area contributed by atoms with Crippen molar-refractivity contribution in [1.29, 1.82) is 0 Å². The van der Waals surface area contributed by atoms with Gasteiger partial charge in [-0.05, 0) is 36.8 Å². The van der Waals surface area contributed by atoms with Crippen LogP contribution in [0.15, 0.2) is 53.3 Å². The Morgan fingerprint density at radius 1 is 1.18 bits per heavy atom. The number of ether oxygens (including phenoxy) is 1. The van der Waals surface area contributed by atoms with Crippen LogP contribution in [0.2, 0.25) is 10.0 Å². The quantitative estimate of drug-likeness (QED) is 0.331. The highest BCUT2D eigenvalue weighted by atomic mass is 35.5. The Morgan fingerprint density at radius 3 is 2.55 bits per heavy atom. The van der Waals surface area contributed by atoms with Gasteiger partial charge in [0.15, 0.2) is 11.4 Å². The molecular formula is C24H20Cl2FN3O3. The van der Waals surface area contributed by atoms with Crippen molar-refractivity contribution in [2.24, 2.45) is 0 Å². The summed E-state index contributed by atoms with van der Waals surface area (Å²) >= 11 is 12.4. The van der Waals surface area contributed by atoms with Crippen molar-refractivity contribution in [2.45, 2.75) is 13.0 Å². The molecule has 0 fully saturated rings. The van der Waals surface area contributed by atoms with Crippen LogP contribution in [0, 0.1) is 5.82 Å². The number of carbonyl (C=O) groups is 1. The number of anilines is 1. The second kappa shape index (κ2) is 8.92. The first-order valence-corrected chi connectivity index (χ1v) is 10.7. The van der Waals surface area contributed by atoms with Crippen LogP contribution >= 0.6 is 23.2 Å². The molecule has 0 saturated heterocycles. The maximum atomic E-state index is 14.0. The van der Waals surface area contributed by atoms with E-state index in [1.807, 2.05) is 12.1 Å². The van der Waals surface area contributed by atoms with Crippen molar-refractivity contribution in [3.63, 3.8) is 0 Å². The summed E-state index contributed by atoms with van der Waals surface area (Å²) in [7, 11) is 3.39. The molecule has 0 unspecified atom stereocenters. The Morgan fingerprint density at radius 2 is 1.88 bits per heavy atom. The molecule has 2 aromatic carbocycles. The number of furan rings is 1. The molecule has 0 bridgehead atoms. The van der Waals surface area contributed by atoms with Gasteiger partial charge in [-0.2, -0.15) is 0 Å². The fourth-order valence-electron chi connectivity index (χ4n) is 3.52. The van der Waals surface area contributed by atoms with Gasteiger partial charge in [0.2, 0.25) is 5.75 Å². The van der Waals surface area contributed by atoms with Crippen molar-refractivity contribution >= 4 is 45.9 Å². The number of rotatable bonds is 5. The van der Waals surface area contributed by atoms with Gasteiger partial charge >= 0.3 is 0 Å². The number of fused-ring (bicyclic) bond motifs is 1. The number of halogens is 3. The number of pyridine rings is 1. The highest BCUT2D eigenvalue weighted by Crippen LogP contribution is 2.41. The zero-order chi connectivity index (χ0) is 23.9. The number of nitrogens with two attached hydrogens (primary N) is 1. The lowest BCUT2D eigenvalue weighted by Crippen LogP contribution is -2.21. The monoisotopic (exact) mass is 487 g/mol. The van der Waals surface area contributed by atoms with E-state index in [4.69, 9.17) is 38.1 Å². The summed E-state index contributed by atoms with van der Waals surface area (Å²) in [6.45, 7) is 1.68. The maximum Gasteiger partial charge on any atom is 0.253 e. The number of hydrogen-bond donors (Lipinski definition) is 1. The molecule has 33 heavy (non-hydrogen) atoms. The second-order valence-electron chi connectivity index (χ2n) is 7.66. The van der Waals surface area contributed by atoms with E-state index in [1.54, 1.807) is 45.6 Å². The van der Waals surface area contributed by atoms with Crippen molar-refractivity contribution in [2.75, 3.05) is 19.8 Å². The summed E-state index contributed by atoms with van der Waals surface area (Å²) in [4.78, 5) is 17.9. The van der Waals surface area contributed by atoms with E-state index >= 15 is 0 Å². The SMILES string of the molecule is C[C@@H](Oc1c(N)ncc2c(-c3ccc(C(=O)N(C)C)cc3)coc12)c1c(Cl)ccc(F)c1Cl. The molecule has 4 aromatic rings. The molecule has 2 heterocycles. The van der Waals surface area contributed by atoms with Crippen molar-refractivity contribution in [1.82, 2.24) is 9.88 Å². The summed E-state index contributed by atoms with van der Waals surface area (Å²) in [5.74, 6) is -0.396. The molecule has 0 saturated carbocycles. The van der Waals surface area contributed by atoms with Gasteiger partial charge in [0.25, 0.3) is 5.91 Å². The lowest BCUT2D eigenvalue weighted by atomic mass is 10.0. The van der Waals surface area contributed by atoms with Crippen LogP contribution in [0.3, 0.4) is 0 Å². The third-order valence-corrected chi connectivity index (χ3v) is 5.94. The third kappa shape index (κ3) is 4.21. The van der Waals surface area contributed by atoms with E-state index in [0.29, 0.717) is 22.1 Å². The van der Waals surface area contributed by atoms with Crippen molar-refractivity contribution in [3.8, 4) is 16.9 Å². The van der Waals surface area contributed by atoms with Gasteiger partial charge in [0.1, 0.15) is 11.9 Å². The number of benzene rings is 2. The van der Waals surface area contributed by atoms with Crippen LogP contribution in [-0.4, -0.2) is 29.9 Å². The average molecular weight is 488 g/mol. The van der Waals surface area contributed by atoms with Gasteiger partial charge in [0.05, 0.1) is 16.7 Å². The Balaban J connectivity index is 1.72. The van der Waals surface area contributed by atoms with E-state index in [1.165, 1.54) is 17.0 Å². The highest BCUT2D eigenvalue weighted by molar-refractivity contribution is 6.36. The van der Waals surface area contributed by atoms with Crippen LogP contribution < -0.4 is 10.5 Å². The molecule has 0 aliphatic rings. The Hall–Kier alpha value is -3.29. The molecule has 0 radical (unpaired) electrons. The van der Waals surface area contributed by atoms with Gasteiger partial charge in [-0.15, -0.1) is 0 Å². The van der Waals surface area contributed by atoms with Crippen molar-refractivity contribution in [3.05, 3.63) is 75.8 Å². The topological polar surface area (TPSA) is 81.6 Å². The highest BCUT2D eigenvalue weighted by Gasteiger charge is 2.23. The van der Waals surface area contributed by atoms with Gasteiger partial charge in [0, 0.05) is 42.0 Å². The molecular weight excluding hydrogens is 468 g/mol. The predicted octanol–water partition coefficient (Wildman–Crippen LogP) is 6.36. The first-order valence-electron chi connectivity index (χ1n) is 9.96. The molecule has 0 aliphatic heterocycles. The smallest absolute Gasteiger partial charge is 0.253 e. The minimum Gasteiger partial charge on any atom is -0.478 e. The van der Waals surface area contributed by atoms with Crippen LogP contribution in [0.1, 0.15) is 28.9 Å². The van der Waals surface area contributed by atoms with E-state index in [9.17, 15) is 9.18 Å². The zero-order valence-corrected chi connectivity index (χ0v) is 19.5. The Bertz CT molecular complexity index is 1350. The number of hydrogen-bond acceptors (Lipinski definition) is 5. The minimum atomic E-state index is -0.736. The van der Waals surface area contributed by atoms with Gasteiger partial charge in [-0.25, -0.2) is 9.37 Å². The lowest BCUT2D eigenvalue weighted by molar-refractivity contribution is 0.0827. The number of nitrogen functional groups attached to an aromatic ring is 1. The van der Waals surface area contributed by atoms with E-state index in [-0.39, 0.29) is 27.5 Å². The summed E-state index contributed by atoms with van der Waals surface area (Å²) in [6, 6.07) is 9.74. The fourth-order valence-corrected chi connectivity index (χ4v) is 4.20. The fraction of sp³-hybridized carbons (Fsp3) is 0.167. The largest absolute Gasteiger partial charge is 0.478 e. The summed E-state index contributed by atoms with van der Waals surface area (Å²) < 4.78 is 25.8. The first-order chi connectivity index (χ1) is 15.7. The number of amides is 1. The molecule has 2 aromatic heterocycles. The number of carbonyl (C=O) groups excluding carboxylic acids is 1. The summed E-state index contributed by atoms with van der Waals surface area (Å²) in [5, 5.41) is 0.802. The summed E-state index contributed by atoms with van der Waals surface area (Å²) in [5.41, 5.74) is 8.89. The third-order valence-electron chi connectivity index (χ3n) is 5.23. The van der Waals surface area contributed by atoms with Gasteiger partial charge in [-0.1, -0.05) is 35.3 Å². The number of aromatic nitrogens is 1. The molecule has 1 amide bonds. The Labute approximate surface area is 199 Å². The minimum absolute atomic E-state index is 0.0904. The zero-order valence-electron chi connectivity index (χ0n) is 18.0. The predicted molar refractivity (Wildman–Crippen MR) is 127 cm³/mol. The molecule has 9 heteroatoms. The van der Waals surface area contributed by atoms with Crippen LogP contribution in [0.4, 0.5) is 10.2 Å². The van der Waals surface area contributed by atoms with Gasteiger partial charge < -0.3 is 19.8 Å². The number of nitrogens with zero attached hydrogens (tertiary/aromatic N) is 2. The van der Waals surface area contributed by atoms with Crippen LogP contribution in [0.25, 0.3) is 22.1 Å². The van der Waals surface area contributed by atoms with E-state index in [0.717, 1.165) is 11.1 Å². The van der Waals surface area contributed by atoms with Crippen molar-refractivity contribution < 1.29 is 18.3 Å². The van der Waals surface area contributed by atoms with Gasteiger partial charge in [-0.3, -0.25) is 4.79 Å². The molecule has 0 aliphatic carbocycles. The molecule has 4 rings (SSSR count). The molecule has 0 spiro atoms. The molecule has 170 valence electrons. The molecule has 2 N–H and O–H groups in total. The average Bonchev–Trinajstić information content (AvgIpc) is 3.22. The second-order valence-corrected chi connectivity index (χ2v) is 8.44. The van der Waals surface area contributed by atoms with E-state index in [2.05, 4.69) is 4.98 Å². The Kier molecular flexibility index (Phi) is 6.19. The van der Waals surface area contributed by atoms with E-state index < -0.39 is 11.9 Å². The summed E-state index contributed by atoms with van der Waals surface area (Å²) in [6.07, 6.45) is 2.41. The van der Waals surface area contributed by atoms with Crippen LogP contribution in [-0.2, 0) is 0 Å². The normalized spacial score (nSPS) is 12.1. The first kappa shape index (κ1) is 22.9. The van der Waals surface area contributed by atoms with Crippen LogP contribution in [0.5, 0.6) is 5.75 Å². The standard InChI is InChI=1S/C24H20Cl2FN3O3/c1-12(19-17(25)8-9-18(27)20(19)26)33-22-21-15(10-29-23(22)28)16(11-32-21)13-4-6-14(7-5-13)24(31)30(2)3/h4-12H,1-3H3,(H2,28,29)/t12-/m1/s1. The molecule has 6 nitrogen and oxygen atoms in total. The molecule has 1 atom stereocenters.